The maximum atomic E-state index is 12.5. The molecule has 0 aromatic rings. The third-order valence-electron chi connectivity index (χ3n) is 6.51. The van der Waals surface area contributed by atoms with Crippen LogP contribution >= 0.6 is 24.8 Å². The summed E-state index contributed by atoms with van der Waals surface area (Å²) in [7, 11) is 1.82. The van der Waals surface area contributed by atoms with Crippen molar-refractivity contribution in [1.29, 1.82) is 0 Å². The molecule has 0 radical (unpaired) electrons. The largest absolute Gasteiger partial charge is 0.381 e. The van der Waals surface area contributed by atoms with E-state index in [1.807, 2.05) is 7.11 Å². The van der Waals surface area contributed by atoms with E-state index in [-0.39, 0.29) is 42.2 Å². The van der Waals surface area contributed by atoms with Gasteiger partial charge in [-0.15, -0.1) is 24.8 Å². The van der Waals surface area contributed by atoms with E-state index in [9.17, 15) is 4.79 Å². The number of rotatable bonds is 6. The van der Waals surface area contributed by atoms with Crippen LogP contribution in [0.5, 0.6) is 0 Å². The van der Waals surface area contributed by atoms with Crippen molar-refractivity contribution in [2.24, 2.45) is 11.8 Å². The molecule has 1 atom stereocenters. The molecule has 0 aromatic carbocycles. The second kappa shape index (κ2) is 10.3. The van der Waals surface area contributed by atoms with Crippen LogP contribution in [0.2, 0.25) is 0 Å². The van der Waals surface area contributed by atoms with Crippen molar-refractivity contribution in [3.63, 3.8) is 0 Å². The van der Waals surface area contributed by atoms with Gasteiger partial charge < -0.3 is 15.4 Å². The van der Waals surface area contributed by atoms with E-state index < -0.39 is 0 Å². The SMILES string of the molecule is COC1CCN(C2(CNC(=O)C(C)C3CNC3)CCCC2)CC1.Cl.Cl. The van der Waals surface area contributed by atoms with E-state index in [0.717, 1.165) is 45.6 Å². The number of amides is 1. The zero-order valence-corrected chi connectivity index (χ0v) is 17.2. The van der Waals surface area contributed by atoms with Crippen molar-refractivity contribution in [3.8, 4) is 0 Å². The number of methoxy groups -OCH3 is 1. The van der Waals surface area contributed by atoms with Gasteiger partial charge in [-0.2, -0.15) is 0 Å². The molecule has 5 nitrogen and oxygen atoms in total. The smallest absolute Gasteiger partial charge is 0.223 e. The number of ether oxygens (including phenoxy) is 1. The van der Waals surface area contributed by atoms with Crippen molar-refractivity contribution in [3.05, 3.63) is 0 Å². The van der Waals surface area contributed by atoms with E-state index in [2.05, 4.69) is 22.5 Å². The fraction of sp³-hybridized carbons (Fsp3) is 0.944. The van der Waals surface area contributed by atoms with Crippen molar-refractivity contribution in [2.45, 2.75) is 57.1 Å². The van der Waals surface area contributed by atoms with Crippen molar-refractivity contribution >= 4 is 30.7 Å². The molecule has 2 heterocycles. The molecule has 3 aliphatic rings. The van der Waals surface area contributed by atoms with Crippen LogP contribution in [0.4, 0.5) is 0 Å². The summed E-state index contributed by atoms with van der Waals surface area (Å²) in [6, 6.07) is 0. The number of halogens is 2. The molecule has 148 valence electrons. The zero-order chi connectivity index (χ0) is 16.3. The quantitative estimate of drug-likeness (QED) is 0.723. The van der Waals surface area contributed by atoms with Crippen LogP contribution in [-0.4, -0.2) is 62.3 Å². The predicted octanol–water partition coefficient (Wildman–Crippen LogP) is 2.23. The lowest BCUT2D eigenvalue weighted by molar-refractivity contribution is -0.127. The molecule has 1 saturated carbocycles. The van der Waals surface area contributed by atoms with Crippen molar-refractivity contribution in [2.75, 3.05) is 39.8 Å². The number of nitrogens with zero attached hydrogens (tertiary/aromatic N) is 1. The second-order valence-corrected chi connectivity index (χ2v) is 7.78. The summed E-state index contributed by atoms with van der Waals surface area (Å²) in [6.45, 7) is 7.10. The maximum absolute atomic E-state index is 12.5. The molecule has 0 spiro atoms. The molecule has 2 aliphatic heterocycles. The Bertz CT molecular complexity index is 407. The Balaban J connectivity index is 0.00000156. The summed E-state index contributed by atoms with van der Waals surface area (Å²) in [6.07, 6.45) is 7.71. The molecule has 7 heteroatoms. The predicted molar refractivity (Wildman–Crippen MR) is 106 cm³/mol. The summed E-state index contributed by atoms with van der Waals surface area (Å²) < 4.78 is 5.51. The van der Waals surface area contributed by atoms with Gasteiger partial charge in [0, 0.05) is 38.2 Å². The summed E-state index contributed by atoms with van der Waals surface area (Å²) in [5.41, 5.74) is 0.200. The van der Waals surface area contributed by atoms with Crippen molar-refractivity contribution in [1.82, 2.24) is 15.5 Å². The number of piperidine rings is 1. The number of nitrogens with one attached hydrogen (secondary N) is 2. The minimum Gasteiger partial charge on any atom is -0.381 e. The highest BCUT2D eigenvalue weighted by molar-refractivity contribution is 5.85. The Labute approximate surface area is 164 Å². The summed E-state index contributed by atoms with van der Waals surface area (Å²) in [5.74, 6) is 0.899. The van der Waals surface area contributed by atoms with Gasteiger partial charge in [-0.3, -0.25) is 9.69 Å². The lowest BCUT2D eigenvalue weighted by Gasteiger charge is -2.45. The molecule has 2 saturated heterocycles. The molecule has 3 fully saturated rings. The number of carbonyl (C=O) groups is 1. The lowest BCUT2D eigenvalue weighted by Crippen LogP contribution is -2.58. The summed E-state index contributed by atoms with van der Waals surface area (Å²) in [5, 5.41) is 6.56. The summed E-state index contributed by atoms with van der Waals surface area (Å²) >= 11 is 0. The average molecular weight is 396 g/mol. The highest BCUT2D eigenvalue weighted by atomic mass is 35.5. The molecule has 2 N–H and O–H groups in total. The molecule has 1 unspecified atom stereocenters. The number of hydrogen-bond acceptors (Lipinski definition) is 4. The first kappa shape index (κ1) is 23.0. The first-order valence-corrected chi connectivity index (χ1v) is 9.41. The third-order valence-corrected chi connectivity index (χ3v) is 6.51. The maximum Gasteiger partial charge on any atom is 0.223 e. The molecule has 0 bridgehead atoms. The van der Waals surface area contributed by atoms with E-state index in [1.54, 1.807) is 0 Å². The molecule has 25 heavy (non-hydrogen) atoms. The second-order valence-electron chi connectivity index (χ2n) is 7.78. The van der Waals surface area contributed by atoms with Crippen LogP contribution in [0.1, 0.15) is 45.4 Å². The fourth-order valence-corrected chi connectivity index (χ4v) is 4.50. The Morgan fingerprint density at radius 3 is 2.32 bits per heavy atom. The highest BCUT2D eigenvalue weighted by Crippen LogP contribution is 2.37. The van der Waals surface area contributed by atoms with Crippen LogP contribution < -0.4 is 10.6 Å². The van der Waals surface area contributed by atoms with Gasteiger partial charge in [0.2, 0.25) is 5.91 Å². The van der Waals surface area contributed by atoms with Gasteiger partial charge in [0.1, 0.15) is 0 Å². The van der Waals surface area contributed by atoms with Crippen LogP contribution in [0.15, 0.2) is 0 Å². The zero-order valence-electron chi connectivity index (χ0n) is 15.6. The molecule has 0 aromatic heterocycles. The van der Waals surface area contributed by atoms with Crippen LogP contribution in [0, 0.1) is 11.8 Å². The van der Waals surface area contributed by atoms with Crippen LogP contribution in [0.3, 0.4) is 0 Å². The minimum atomic E-state index is 0. The standard InChI is InChI=1S/C18H33N3O2.2ClH/c1-14(15-11-19-12-15)17(22)20-13-18(7-3-4-8-18)21-9-5-16(23-2)6-10-21;;/h14-16,19H,3-13H2,1-2H3,(H,20,22);2*1H. The van der Waals surface area contributed by atoms with E-state index in [1.165, 1.54) is 25.7 Å². The van der Waals surface area contributed by atoms with Gasteiger partial charge in [-0.1, -0.05) is 19.8 Å². The molecule has 1 amide bonds. The van der Waals surface area contributed by atoms with Gasteiger partial charge >= 0.3 is 0 Å². The lowest BCUT2D eigenvalue weighted by atomic mass is 9.87. The third kappa shape index (κ3) is 5.23. The normalized spacial score (nSPS) is 25.4. The Morgan fingerprint density at radius 2 is 1.84 bits per heavy atom. The van der Waals surface area contributed by atoms with E-state index >= 15 is 0 Å². The van der Waals surface area contributed by atoms with Crippen LogP contribution in [-0.2, 0) is 9.53 Å². The van der Waals surface area contributed by atoms with E-state index in [0.29, 0.717) is 12.0 Å². The fourth-order valence-electron chi connectivity index (χ4n) is 4.50. The first-order valence-electron chi connectivity index (χ1n) is 9.41. The molecule has 1 aliphatic carbocycles. The molecular weight excluding hydrogens is 361 g/mol. The Hall–Kier alpha value is -0.0700. The average Bonchev–Trinajstić information content (AvgIpc) is 3.01. The van der Waals surface area contributed by atoms with Crippen LogP contribution in [0.25, 0.3) is 0 Å². The van der Waals surface area contributed by atoms with Gasteiger partial charge in [0.05, 0.1) is 6.10 Å². The van der Waals surface area contributed by atoms with Gasteiger partial charge in [0.25, 0.3) is 0 Å². The topological polar surface area (TPSA) is 53.6 Å². The van der Waals surface area contributed by atoms with Gasteiger partial charge in [-0.25, -0.2) is 0 Å². The molecular formula is C18H35Cl2N3O2. The number of carbonyl (C=O) groups excluding carboxylic acids is 1. The molecule has 3 rings (SSSR count). The number of likely N-dealkylation sites (tertiary alicyclic amines) is 1. The Morgan fingerprint density at radius 1 is 1.24 bits per heavy atom. The first-order chi connectivity index (χ1) is 11.1. The van der Waals surface area contributed by atoms with E-state index in [4.69, 9.17) is 4.74 Å². The highest BCUT2D eigenvalue weighted by Gasteiger charge is 2.41. The minimum absolute atomic E-state index is 0. The van der Waals surface area contributed by atoms with Gasteiger partial charge in [-0.05, 0) is 44.7 Å². The van der Waals surface area contributed by atoms with Crippen molar-refractivity contribution < 1.29 is 9.53 Å². The Kier molecular flexibility index (Phi) is 9.47. The number of hydrogen-bond donors (Lipinski definition) is 2. The van der Waals surface area contributed by atoms with Gasteiger partial charge in [0.15, 0.2) is 0 Å². The summed E-state index contributed by atoms with van der Waals surface area (Å²) in [4.78, 5) is 15.1. The monoisotopic (exact) mass is 395 g/mol.